The largest absolute Gasteiger partial charge is 0.296 e. The van der Waals surface area contributed by atoms with E-state index in [4.69, 9.17) is 0 Å². The molecule has 4 nitrogen and oxygen atoms in total. The van der Waals surface area contributed by atoms with Crippen molar-refractivity contribution in [3.63, 3.8) is 0 Å². The number of aromatic nitrogens is 3. The van der Waals surface area contributed by atoms with Crippen LogP contribution < -0.4 is 0 Å². The van der Waals surface area contributed by atoms with Crippen molar-refractivity contribution < 1.29 is 0 Å². The number of hydrogen-bond acceptors (Lipinski definition) is 3. The molecule has 4 heteroatoms. The summed E-state index contributed by atoms with van der Waals surface area (Å²) in [5, 5.41) is 4.61. The third kappa shape index (κ3) is 2.29. The third-order valence-electron chi connectivity index (χ3n) is 3.38. The van der Waals surface area contributed by atoms with Crippen LogP contribution in [-0.4, -0.2) is 32.8 Å². The molecule has 0 N–H and O–H groups in total. The Balaban J connectivity index is 1.82. The normalized spacial score (nSPS) is 16.3. The smallest absolute Gasteiger partial charge is 0.165 e. The molecule has 0 spiro atoms. The van der Waals surface area contributed by atoms with E-state index < -0.39 is 0 Å². The molecule has 0 radical (unpaired) electrons. The van der Waals surface area contributed by atoms with Gasteiger partial charge in [0.25, 0.3) is 0 Å². The van der Waals surface area contributed by atoms with E-state index in [1.807, 2.05) is 29.8 Å². The van der Waals surface area contributed by atoms with E-state index in [2.05, 4.69) is 27.1 Å². The Kier molecular flexibility index (Phi) is 3.11. The minimum Gasteiger partial charge on any atom is -0.296 e. The Morgan fingerprint density at radius 3 is 2.56 bits per heavy atom. The molecule has 18 heavy (non-hydrogen) atoms. The van der Waals surface area contributed by atoms with Gasteiger partial charge in [0.05, 0.1) is 12.2 Å². The molecule has 1 aromatic carbocycles. The van der Waals surface area contributed by atoms with Gasteiger partial charge in [0.1, 0.15) is 5.82 Å². The summed E-state index contributed by atoms with van der Waals surface area (Å²) in [4.78, 5) is 6.98. The lowest BCUT2D eigenvalue weighted by molar-refractivity contribution is 0.322. The number of para-hydroxylation sites is 1. The number of nitrogens with zero attached hydrogens (tertiary/aromatic N) is 4. The summed E-state index contributed by atoms with van der Waals surface area (Å²) in [6.45, 7) is 5.24. The quantitative estimate of drug-likeness (QED) is 0.827. The summed E-state index contributed by atoms with van der Waals surface area (Å²) in [5.74, 6) is 1.88. The van der Waals surface area contributed by atoms with Gasteiger partial charge in [0, 0.05) is 0 Å². The molecular weight excluding hydrogens is 224 g/mol. The summed E-state index contributed by atoms with van der Waals surface area (Å²) in [7, 11) is 0. The first-order valence-corrected chi connectivity index (χ1v) is 6.53. The Bertz CT molecular complexity index is 512. The molecule has 0 unspecified atom stereocenters. The second-order valence-electron chi connectivity index (χ2n) is 4.81. The molecule has 94 valence electrons. The first kappa shape index (κ1) is 11.4. The molecular formula is C14H18N4. The minimum absolute atomic E-state index is 0.876. The SMILES string of the molecule is Cc1nc(CN2CCCC2)nn1-c1ccccc1. The van der Waals surface area contributed by atoms with Gasteiger partial charge in [-0.15, -0.1) is 5.10 Å². The molecule has 1 aliphatic rings. The zero-order valence-corrected chi connectivity index (χ0v) is 10.7. The molecule has 2 aromatic rings. The second-order valence-corrected chi connectivity index (χ2v) is 4.81. The minimum atomic E-state index is 0.876. The fourth-order valence-electron chi connectivity index (χ4n) is 2.47. The van der Waals surface area contributed by atoms with Crippen molar-refractivity contribution in [3.8, 4) is 5.69 Å². The van der Waals surface area contributed by atoms with E-state index >= 15 is 0 Å². The molecule has 1 aromatic heterocycles. The van der Waals surface area contributed by atoms with Gasteiger partial charge in [-0.25, -0.2) is 9.67 Å². The highest BCUT2D eigenvalue weighted by Gasteiger charge is 2.15. The molecule has 0 saturated carbocycles. The summed E-state index contributed by atoms with van der Waals surface area (Å²) in [5.41, 5.74) is 1.08. The Labute approximate surface area is 107 Å². The number of hydrogen-bond donors (Lipinski definition) is 0. The van der Waals surface area contributed by atoms with Crippen LogP contribution in [-0.2, 0) is 6.54 Å². The fourth-order valence-corrected chi connectivity index (χ4v) is 2.47. The third-order valence-corrected chi connectivity index (χ3v) is 3.38. The van der Waals surface area contributed by atoms with Gasteiger partial charge in [0.15, 0.2) is 5.82 Å². The maximum Gasteiger partial charge on any atom is 0.165 e. The van der Waals surface area contributed by atoms with Crippen molar-refractivity contribution in [1.29, 1.82) is 0 Å². The zero-order valence-electron chi connectivity index (χ0n) is 10.7. The van der Waals surface area contributed by atoms with Crippen LogP contribution in [0.15, 0.2) is 30.3 Å². The first-order chi connectivity index (χ1) is 8.83. The predicted molar refractivity (Wildman–Crippen MR) is 70.6 cm³/mol. The molecule has 0 amide bonds. The van der Waals surface area contributed by atoms with E-state index in [1.165, 1.54) is 25.9 Å². The van der Waals surface area contributed by atoms with E-state index in [-0.39, 0.29) is 0 Å². The van der Waals surface area contributed by atoms with Crippen LogP contribution in [0.2, 0.25) is 0 Å². The standard InChI is InChI=1S/C14H18N4/c1-12-15-14(11-17-9-5-6-10-17)16-18(12)13-7-3-2-4-8-13/h2-4,7-8H,5-6,9-11H2,1H3. The van der Waals surface area contributed by atoms with E-state index in [9.17, 15) is 0 Å². The summed E-state index contributed by atoms with van der Waals surface area (Å²) >= 11 is 0. The van der Waals surface area contributed by atoms with Crippen LogP contribution in [0.5, 0.6) is 0 Å². The van der Waals surface area contributed by atoms with Gasteiger partial charge in [-0.2, -0.15) is 0 Å². The Hall–Kier alpha value is -1.68. The van der Waals surface area contributed by atoms with Crippen LogP contribution in [0.25, 0.3) is 5.69 Å². The zero-order chi connectivity index (χ0) is 12.4. The highest BCUT2D eigenvalue weighted by atomic mass is 15.4. The van der Waals surface area contributed by atoms with Gasteiger partial charge in [-0.1, -0.05) is 18.2 Å². The average molecular weight is 242 g/mol. The van der Waals surface area contributed by atoms with Crippen molar-refractivity contribution in [2.24, 2.45) is 0 Å². The Morgan fingerprint density at radius 1 is 1.11 bits per heavy atom. The lowest BCUT2D eigenvalue weighted by Crippen LogP contribution is -2.19. The summed E-state index contributed by atoms with van der Waals surface area (Å²) < 4.78 is 1.92. The van der Waals surface area contributed by atoms with Crippen LogP contribution in [0.1, 0.15) is 24.5 Å². The Morgan fingerprint density at radius 2 is 1.83 bits per heavy atom. The molecule has 0 atom stereocenters. The summed E-state index contributed by atoms with van der Waals surface area (Å²) in [6, 6.07) is 10.2. The highest BCUT2D eigenvalue weighted by molar-refractivity contribution is 5.30. The molecule has 2 heterocycles. The van der Waals surface area contributed by atoms with Crippen molar-refractivity contribution in [1.82, 2.24) is 19.7 Å². The van der Waals surface area contributed by atoms with Crippen molar-refractivity contribution in [2.75, 3.05) is 13.1 Å². The van der Waals surface area contributed by atoms with Crippen molar-refractivity contribution in [2.45, 2.75) is 26.3 Å². The topological polar surface area (TPSA) is 34.0 Å². The molecule has 3 rings (SSSR count). The highest BCUT2D eigenvalue weighted by Crippen LogP contribution is 2.13. The van der Waals surface area contributed by atoms with Gasteiger partial charge < -0.3 is 0 Å². The molecule has 1 saturated heterocycles. The lowest BCUT2D eigenvalue weighted by Gasteiger charge is -2.10. The van der Waals surface area contributed by atoms with Crippen LogP contribution in [0.4, 0.5) is 0 Å². The maximum atomic E-state index is 4.61. The van der Waals surface area contributed by atoms with E-state index in [1.54, 1.807) is 0 Å². The van der Waals surface area contributed by atoms with Gasteiger partial charge in [-0.05, 0) is 45.0 Å². The van der Waals surface area contributed by atoms with Crippen LogP contribution in [0.3, 0.4) is 0 Å². The van der Waals surface area contributed by atoms with Crippen molar-refractivity contribution in [3.05, 3.63) is 42.0 Å². The fraction of sp³-hybridized carbons (Fsp3) is 0.429. The number of benzene rings is 1. The van der Waals surface area contributed by atoms with E-state index in [0.29, 0.717) is 0 Å². The number of rotatable bonds is 3. The lowest BCUT2D eigenvalue weighted by atomic mass is 10.3. The molecule has 1 fully saturated rings. The van der Waals surface area contributed by atoms with Crippen molar-refractivity contribution >= 4 is 0 Å². The average Bonchev–Trinajstić information content (AvgIpc) is 3.01. The number of likely N-dealkylation sites (tertiary alicyclic amines) is 1. The molecule has 0 bridgehead atoms. The van der Waals surface area contributed by atoms with Crippen LogP contribution in [0, 0.1) is 6.92 Å². The first-order valence-electron chi connectivity index (χ1n) is 6.53. The second kappa shape index (κ2) is 4.90. The van der Waals surface area contributed by atoms with Gasteiger partial charge >= 0.3 is 0 Å². The van der Waals surface area contributed by atoms with Gasteiger partial charge in [0.2, 0.25) is 0 Å². The molecule has 0 aliphatic carbocycles. The molecule has 1 aliphatic heterocycles. The monoisotopic (exact) mass is 242 g/mol. The van der Waals surface area contributed by atoms with Crippen LogP contribution >= 0.6 is 0 Å². The maximum absolute atomic E-state index is 4.61. The predicted octanol–water partition coefficient (Wildman–Crippen LogP) is 2.17. The number of aryl methyl sites for hydroxylation is 1. The van der Waals surface area contributed by atoms with Gasteiger partial charge in [-0.3, -0.25) is 4.90 Å². The van der Waals surface area contributed by atoms with E-state index in [0.717, 1.165) is 23.9 Å². The summed E-state index contributed by atoms with van der Waals surface area (Å²) in [6.07, 6.45) is 2.61.